The highest BCUT2D eigenvalue weighted by Gasteiger charge is 2.25. The largest absolute Gasteiger partial charge is 0.369 e. The predicted octanol–water partition coefficient (Wildman–Crippen LogP) is -0.327. The molecule has 0 bridgehead atoms. The van der Waals surface area contributed by atoms with Gasteiger partial charge in [0.2, 0.25) is 5.91 Å². The molecule has 76 valence electrons. The third-order valence-electron chi connectivity index (χ3n) is 2.75. The fraction of sp³-hybridized carbons (Fsp3) is 0.889. The Hall–Kier alpha value is -0.610. The second-order valence-corrected chi connectivity index (χ2v) is 3.90. The van der Waals surface area contributed by atoms with Crippen LogP contribution in [-0.2, 0) is 4.79 Å². The molecule has 0 aliphatic heterocycles. The van der Waals surface area contributed by atoms with Crippen molar-refractivity contribution >= 4 is 5.91 Å². The van der Waals surface area contributed by atoms with Crippen LogP contribution in [-0.4, -0.2) is 36.5 Å². The van der Waals surface area contributed by atoms with Crippen LogP contribution in [0.3, 0.4) is 0 Å². The van der Waals surface area contributed by atoms with Crippen molar-refractivity contribution in [1.82, 2.24) is 4.90 Å². The first-order valence-corrected chi connectivity index (χ1v) is 4.85. The summed E-state index contributed by atoms with van der Waals surface area (Å²) < 4.78 is 0. The summed E-state index contributed by atoms with van der Waals surface area (Å²) in [6.07, 6.45) is 4.57. The van der Waals surface area contributed by atoms with Gasteiger partial charge in [0.15, 0.2) is 0 Å². The quantitative estimate of drug-likeness (QED) is 0.632. The number of likely N-dealkylation sites (N-methyl/N-ethyl adjacent to an activating group) is 1. The zero-order chi connectivity index (χ0) is 9.84. The maximum absolute atomic E-state index is 10.7. The highest BCUT2D eigenvalue weighted by molar-refractivity contribution is 5.75. The van der Waals surface area contributed by atoms with Crippen molar-refractivity contribution in [3.63, 3.8) is 0 Å². The summed E-state index contributed by atoms with van der Waals surface area (Å²) in [6, 6.07) is 0.541. The minimum atomic E-state index is -0.278. The third kappa shape index (κ3) is 2.97. The van der Waals surface area contributed by atoms with Crippen molar-refractivity contribution in [1.29, 1.82) is 0 Å². The highest BCUT2D eigenvalue weighted by Crippen LogP contribution is 2.20. The zero-order valence-corrected chi connectivity index (χ0v) is 8.20. The number of hydrogen-bond acceptors (Lipinski definition) is 3. The topological polar surface area (TPSA) is 72.3 Å². The summed E-state index contributed by atoms with van der Waals surface area (Å²) in [4.78, 5) is 12.7. The molecule has 2 unspecified atom stereocenters. The number of carbonyl (C=O) groups excluding carboxylic acids is 1. The lowest BCUT2D eigenvalue weighted by molar-refractivity contribution is -0.119. The summed E-state index contributed by atoms with van der Waals surface area (Å²) in [5.74, 6) is -0.278. The Bertz CT molecular complexity index is 184. The van der Waals surface area contributed by atoms with Crippen molar-refractivity contribution in [2.75, 3.05) is 13.6 Å². The first-order chi connectivity index (χ1) is 6.11. The Labute approximate surface area is 79.3 Å². The van der Waals surface area contributed by atoms with E-state index in [0.29, 0.717) is 12.6 Å². The number of primary amides is 1. The Morgan fingerprint density at radius 1 is 1.46 bits per heavy atom. The third-order valence-corrected chi connectivity index (χ3v) is 2.75. The summed E-state index contributed by atoms with van der Waals surface area (Å²) in [7, 11) is 1.92. The summed E-state index contributed by atoms with van der Waals surface area (Å²) >= 11 is 0. The molecular weight excluding hydrogens is 166 g/mol. The molecule has 1 aliphatic carbocycles. The lowest BCUT2D eigenvalue weighted by atomic mass is 9.90. The molecule has 0 aromatic rings. The van der Waals surface area contributed by atoms with Gasteiger partial charge in [0.05, 0.1) is 6.54 Å². The first kappa shape index (κ1) is 10.5. The molecule has 0 radical (unpaired) electrons. The molecule has 0 spiro atoms. The smallest absolute Gasteiger partial charge is 0.231 e. The van der Waals surface area contributed by atoms with Crippen molar-refractivity contribution in [2.45, 2.75) is 37.8 Å². The number of rotatable bonds is 3. The van der Waals surface area contributed by atoms with Gasteiger partial charge in [0, 0.05) is 12.1 Å². The van der Waals surface area contributed by atoms with Gasteiger partial charge in [-0.1, -0.05) is 12.8 Å². The lowest BCUT2D eigenvalue weighted by Crippen LogP contribution is -2.50. The van der Waals surface area contributed by atoms with Crippen molar-refractivity contribution in [3.05, 3.63) is 0 Å². The second kappa shape index (κ2) is 4.58. The number of nitrogens with zero attached hydrogens (tertiary/aromatic N) is 1. The average Bonchev–Trinajstić information content (AvgIpc) is 2.03. The number of nitrogens with two attached hydrogens (primary N) is 2. The molecule has 0 aromatic carbocycles. The number of carbonyl (C=O) groups is 1. The Kier molecular flexibility index (Phi) is 3.69. The van der Waals surface area contributed by atoms with E-state index in [1.165, 1.54) is 12.8 Å². The standard InChI is InChI=1S/C9H19N3O/c1-12(6-9(11)13)8-5-3-2-4-7(8)10/h7-8H,2-6,10H2,1H3,(H2,11,13). The van der Waals surface area contributed by atoms with Crippen LogP contribution in [0.2, 0.25) is 0 Å². The first-order valence-electron chi connectivity index (χ1n) is 4.85. The molecule has 0 aromatic heterocycles. The average molecular weight is 185 g/mol. The van der Waals surface area contributed by atoms with Gasteiger partial charge in [-0.15, -0.1) is 0 Å². The molecule has 13 heavy (non-hydrogen) atoms. The number of hydrogen-bond donors (Lipinski definition) is 2. The SMILES string of the molecule is CN(CC(N)=O)C1CCCCC1N. The van der Waals surface area contributed by atoms with Crippen LogP contribution < -0.4 is 11.5 Å². The molecule has 0 saturated heterocycles. The fourth-order valence-corrected chi connectivity index (χ4v) is 2.05. The van der Waals surface area contributed by atoms with E-state index in [2.05, 4.69) is 0 Å². The lowest BCUT2D eigenvalue weighted by Gasteiger charge is -2.35. The molecule has 4 nitrogen and oxygen atoms in total. The molecule has 1 fully saturated rings. The molecule has 1 saturated carbocycles. The Morgan fingerprint density at radius 2 is 2.08 bits per heavy atom. The number of amides is 1. The maximum Gasteiger partial charge on any atom is 0.231 e. The van der Waals surface area contributed by atoms with Crippen LogP contribution in [0.15, 0.2) is 0 Å². The van der Waals surface area contributed by atoms with E-state index >= 15 is 0 Å². The molecule has 4 heteroatoms. The van der Waals surface area contributed by atoms with Gasteiger partial charge < -0.3 is 11.5 Å². The van der Waals surface area contributed by atoms with Crippen LogP contribution in [0.4, 0.5) is 0 Å². The van der Waals surface area contributed by atoms with Gasteiger partial charge in [-0.25, -0.2) is 0 Å². The van der Waals surface area contributed by atoms with E-state index in [9.17, 15) is 4.79 Å². The van der Waals surface area contributed by atoms with E-state index in [0.717, 1.165) is 12.8 Å². The van der Waals surface area contributed by atoms with Crippen LogP contribution in [0.25, 0.3) is 0 Å². The predicted molar refractivity (Wildman–Crippen MR) is 52.1 cm³/mol. The van der Waals surface area contributed by atoms with Crippen LogP contribution >= 0.6 is 0 Å². The minimum absolute atomic E-state index is 0.207. The molecule has 4 N–H and O–H groups in total. The molecule has 0 heterocycles. The van der Waals surface area contributed by atoms with E-state index in [-0.39, 0.29) is 11.9 Å². The monoisotopic (exact) mass is 185 g/mol. The molecule has 2 atom stereocenters. The summed E-state index contributed by atoms with van der Waals surface area (Å²) in [5.41, 5.74) is 11.1. The van der Waals surface area contributed by atoms with Gasteiger partial charge in [0.1, 0.15) is 0 Å². The van der Waals surface area contributed by atoms with Crippen molar-refractivity contribution < 1.29 is 4.79 Å². The van der Waals surface area contributed by atoms with Crippen LogP contribution in [0.5, 0.6) is 0 Å². The summed E-state index contributed by atoms with van der Waals surface area (Å²) in [6.45, 7) is 0.318. The van der Waals surface area contributed by atoms with Crippen LogP contribution in [0, 0.1) is 0 Å². The van der Waals surface area contributed by atoms with E-state index < -0.39 is 0 Å². The summed E-state index contributed by atoms with van der Waals surface area (Å²) in [5, 5.41) is 0. The van der Waals surface area contributed by atoms with Gasteiger partial charge in [-0.2, -0.15) is 0 Å². The van der Waals surface area contributed by atoms with Gasteiger partial charge in [-0.05, 0) is 19.9 Å². The van der Waals surface area contributed by atoms with Gasteiger partial charge in [0.25, 0.3) is 0 Å². The Morgan fingerprint density at radius 3 is 2.62 bits per heavy atom. The second-order valence-electron chi connectivity index (χ2n) is 3.90. The van der Waals surface area contributed by atoms with Crippen molar-refractivity contribution in [3.8, 4) is 0 Å². The Balaban J connectivity index is 2.43. The maximum atomic E-state index is 10.7. The molecular formula is C9H19N3O. The van der Waals surface area contributed by atoms with Gasteiger partial charge in [-0.3, -0.25) is 9.69 Å². The van der Waals surface area contributed by atoms with E-state index in [1.54, 1.807) is 0 Å². The molecule has 1 rings (SSSR count). The fourth-order valence-electron chi connectivity index (χ4n) is 2.05. The minimum Gasteiger partial charge on any atom is -0.369 e. The highest BCUT2D eigenvalue weighted by atomic mass is 16.1. The van der Waals surface area contributed by atoms with Crippen LogP contribution in [0.1, 0.15) is 25.7 Å². The molecule has 1 amide bonds. The van der Waals surface area contributed by atoms with Gasteiger partial charge >= 0.3 is 0 Å². The molecule has 1 aliphatic rings. The van der Waals surface area contributed by atoms with Crippen molar-refractivity contribution in [2.24, 2.45) is 11.5 Å². The zero-order valence-electron chi connectivity index (χ0n) is 8.20. The van der Waals surface area contributed by atoms with E-state index in [1.807, 2.05) is 11.9 Å². The van der Waals surface area contributed by atoms with E-state index in [4.69, 9.17) is 11.5 Å². The normalized spacial score (nSPS) is 29.2.